The van der Waals surface area contributed by atoms with Gasteiger partial charge in [0, 0.05) is 25.4 Å². The molecule has 0 aliphatic carbocycles. The first kappa shape index (κ1) is 19.8. The van der Waals surface area contributed by atoms with E-state index in [0.29, 0.717) is 30.4 Å². The molecule has 1 aromatic rings. The van der Waals surface area contributed by atoms with Crippen molar-refractivity contribution in [2.24, 2.45) is 0 Å². The van der Waals surface area contributed by atoms with Crippen molar-refractivity contribution < 1.29 is 26.7 Å². The summed E-state index contributed by atoms with van der Waals surface area (Å²) in [5, 5.41) is 3.36. The summed E-state index contributed by atoms with van der Waals surface area (Å²) in [7, 11) is -1.49. The Kier molecular flexibility index (Phi) is 6.91. The second-order valence-electron chi connectivity index (χ2n) is 5.58. The van der Waals surface area contributed by atoms with Crippen molar-refractivity contribution in [3.05, 3.63) is 24.3 Å². The molecule has 1 N–H and O–H groups in total. The van der Waals surface area contributed by atoms with Gasteiger partial charge in [-0.2, -0.15) is 8.78 Å². The van der Waals surface area contributed by atoms with Crippen molar-refractivity contribution in [3.63, 3.8) is 0 Å². The second kappa shape index (κ2) is 8.72. The molecule has 1 saturated heterocycles. The zero-order valence-corrected chi connectivity index (χ0v) is 15.3. The van der Waals surface area contributed by atoms with Gasteiger partial charge in [-0.15, -0.1) is 0 Å². The molecule has 0 spiro atoms. The number of benzene rings is 1. The Bertz CT molecular complexity index is 683. The van der Waals surface area contributed by atoms with Crippen molar-refractivity contribution in [3.8, 4) is 5.75 Å². The van der Waals surface area contributed by atoms with Gasteiger partial charge in [-0.3, -0.25) is 0 Å². The minimum atomic E-state index is -3.05. The van der Waals surface area contributed by atoms with E-state index in [1.165, 1.54) is 12.1 Å². The van der Waals surface area contributed by atoms with Crippen LogP contribution >= 0.6 is 12.2 Å². The maximum Gasteiger partial charge on any atom is 0.387 e. The van der Waals surface area contributed by atoms with Crippen molar-refractivity contribution >= 4 is 32.9 Å². The molecule has 0 saturated carbocycles. The molecule has 0 amide bonds. The number of thiocarbonyl (C=S) groups is 1. The van der Waals surface area contributed by atoms with E-state index >= 15 is 0 Å². The molecular formula is C15H20F2N2O4S2. The van der Waals surface area contributed by atoms with E-state index in [2.05, 4.69) is 10.1 Å². The van der Waals surface area contributed by atoms with Crippen LogP contribution in [0.3, 0.4) is 0 Å². The lowest BCUT2D eigenvalue weighted by Gasteiger charge is -2.30. The molecule has 6 nitrogen and oxygen atoms in total. The minimum Gasteiger partial charge on any atom is -0.435 e. The molecule has 1 heterocycles. The molecule has 0 aromatic heterocycles. The smallest absolute Gasteiger partial charge is 0.387 e. The Balaban J connectivity index is 2.03. The maximum absolute atomic E-state index is 12.2. The number of anilines is 1. The third kappa shape index (κ3) is 6.05. The SMILES string of the molecule is COCCN(C(=S)Nc1ccc(OC(F)F)cc1)[C@@H]1CCS(=O)(=O)C1. The summed E-state index contributed by atoms with van der Waals surface area (Å²) in [4.78, 5) is 1.80. The first-order chi connectivity index (χ1) is 11.8. The molecule has 25 heavy (non-hydrogen) atoms. The molecule has 0 bridgehead atoms. The number of rotatable bonds is 7. The predicted molar refractivity (Wildman–Crippen MR) is 94.9 cm³/mol. The summed E-state index contributed by atoms with van der Waals surface area (Å²) in [5.74, 6) is 0.243. The topological polar surface area (TPSA) is 67.9 Å². The van der Waals surface area contributed by atoms with Crippen LogP contribution in [0.4, 0.5) is 14.5 Å². The highest BCUT2D eigenvalue weighted by Gasteiger charge is 2.33. The molecular weight excluding hydrogens is 374 g/mol. The van der Waals surface area contributed by atoms with E-state index < -0.39 is 16.4 Å². The van der Waals surface area contributed by atoms with Gasteiger partial charge in [0.1, 0.15) is 5.75 Å². The Morgan fingerprint density at radius 1 is 1.40 bits per heavy atom. The van der Waals surface area contributed by atoms with E-state index in [-0.39, 0.29) is 23.3 Å². The van der Waals surface area contributed by atoms with Gasteiger partial charge in [0.25, 0.3) is 0 Å². The lowest BCUT2D eigenvalue weighted by atomic mass is 10.2. The zero-order valence-electron chi connectivity index (χ0n) is 13.7. The predicted octanol–water partition coefficient (Wildman–Crippen LogP) is 2.12. The van der Waals surface area contributed by atoms with Crippen LogP contribution in [0.1, 0.15) is 6.42 Å². The molecule has 2 rings (SSSR count). The highest BCUT2D eigenvalue weighted by Crippen LogP contribution is 2.21. The third-order valence-electron chi connectivity index (χ3n) is 3.78. The second-order valence-corrected chi connectivity index (χ2v) is 8.19. The van der Waals surface area contributed by atoms with Gasteiger partial charge < -0.3 is 19.7 Å². The van der Waals surface area contributed by atoms with Crippen LogP contribution in [0.5, 0.6) is 5.75 Å². The number of hydrogen-bond acceptors (Lipinski definition) is 5. The lowest BCUT2D eigenvalue weighted by Crippen LogP contribution is -2.45. The Labute approximate surface area is 151 Å². The average molecular weight is 394 g/mol. The summed E-state index contributed by atoms with van der Waals surface area (Å²) in [6.45, 7) is -2.03. The molecule has 1 aromatic carbocycles. The first-order valence-corrected chi connectivity index (χ1v) is 9.85. The van der Waals surface area contributed by atoms with Gasteiger partial charge in [-0.05, 0) is 42.9 Å². The monoisotopic (exact) mass is 394 g/mol. The largest absolute Gasteiger partial charge is 0.435 e. The van der Waals surface area contributed by atoms with Crippen molar-refractivity contribution in [2.45, 2.75) is 19.1 Å². The number of nitrogens with one attached hydrogen (secondary N) is 1. The van der Waals surface area contributed by atoms with E-state index in [1.54, 1.807) is 24.1 Å². The van der Waals surface area contributed by atoms with Crippen LogP contribution in [0.25, 0.3) is 0 Å². The van der Waals surface area contributed by atoms with Crippen molar-refractivity contribution in [1.29, 1.82) is 0 Å². The highest BCUT2D eigenvalue weighted by molar-refractivity contribution is 7.91. The molecule has 1 atom stereocenters. The molecule has 0 radical (unpaired) electrons. The fourth-order valence-electron chi connectivity index (χ4n) is 2.58. The number of methoxy groups -OCH3 is 1. The summed E-state index contributed by atoms with van der Waals surface area (Å²) < 4.78 is 57.1. The summed E-state index contributed by atoms with van der Waals surface area (Å²) >= 11 is 5.40. The van der Waals surface area contributed by atoms with Gasteiger partial charge in [0.05, 0.1) is 18.1 Å². The molecule has 1 aliphatic rings. The van der Waals surface area contributed by atoms with Crippen LogP contribution in [0, 0.1) is 0 Å². The Hall–Kier alpha value is -1.52. The van der Waals surface area contributed by atoms with Crippen molar-refractivity contribution in [2.75, 3.05) is 37.1 Å². The molecule has 0 unspecified atom stereocenters. The van der Waals surface area contributed by atoms with Gasteiger partial charge in [0.15, 0.2) is 14.9 Å². The number of ether oxygens (including phenoxy) is 2. The molecule has 1 aliphatic heterocycles. The number of nitrogens with zero attached hydrogens (tertiary/aromatic N) is 1. The lowest BCUT2D eigenvalue weighted by molar-refractivity contribution is -0.0498. The summed E-state index contributed by atoms with van der Waals surface area (Å²) in [5.41, 5.74) is 0.592. The van der Waals surface area contributed by atoms with Crippen LogP contribution < -0.4 is 10.1 Å². The zero-order chi connectivity index (χ0) is 18.4. The van der Waals surface area contributed by atoms with Gasteiger partial charge >= 0.3 is 6.61 Å². The average Bonchev–Trinajstić information content (AvgIpc) is 2.89. The standard InChI is InChI=1S/C15H20F2N2O4S2/c1-22-8-7-19(12-6-9-25(20,21)10-12)15(24)18-11-2-4-13(5-3-11)23-14(16)17/h2-5,12,14H,6-10H2,1H3,(H,18,24)/t12-/m1/s1. The van der Waals surface area contributed by atoms with E-state index in [4.69, 9.17) is 17.0 Å². The Morgan fingerprint density at radius 2 is 2.08 bits per heavy atom. The van der Waals surface area contributed by atoms with Gasteiger partial charge in [0.2, 0.25) is 0 Å². The van der Waals surface area contributed by atoms with E-state index in [9.17, 15) is 17.2 Å². The fraction of sp³-hybridized carbons (Fsp3) is 0.533. The highest BCUT2D eigenvalue weighted by atomic mass is 32.2. The Morgan fingerprint density at radius 3 is 2.60 bits per heavy atom. The van der Waals surface area contributed by atoms with Crippen LogP contribution in [0.2, 0.25) is 0 Å². The first-order valence-electron chi connectivity index (χ1n) is 7.62. The van der Waals surface area contributed by atoms with Gasteiger partial charge in [-0.25, -0.2) is 8.42 Å². The van der Waals surface area contributed by atoms with Gasteiger partial charge in [-0.1, -0.05) is 0 Å². The number of alkyl halides is 2. The minimum absolute atomic E-state index is 0.0459. The normalized spacial score (nSPS) is 19.0. The van der Waals surface area contributed by atoms with E-state index in [1.807, 2.05) is 0 Å². The van der Waals surface area contributed by atoms with Crippen molar-refractivity contribution in [1.82, 2.24) is 4.90 Å². The fourth-order valence-corrected chi connectivity index (χ4v) is 4.66. The van der Waals surface area contributed by atoms with Crippen LogP contribution in [-0.4, -0.2) is 62.9 Å². The molecule has 10 heteroatoms. The third-order valence-corrected chi connectivity index (χ3v) is 5.86. The maximum atomic E-state index is 12.2. The quantitative estimate of drug-likeness (QED) is 0.711. The molecule has 140 valence electrons. The van der Waals surface area contributed by atoms with E-state index in [0.717, 1.165) is 0 Å². The van der Waals surface area contributed by atoms with Crippen LogP contribution in [-0.2, 0) is 14.6 Å². The summed E-state index contributed by atoms with van der Waals surface area (Å²) in [6, 6.07) is 5.71. The summed E-state index contributed by atoms with van der Waals surface area (Å²) in [6.07, 6.45) is 0.509. The molecule has 1 fully saturated rings. The number of hydrogen-bond donors (Lipinski definition) is 1. The van der Waals surface area contributed by atoms with Crippen LogP contribution in [0.15, 0.2) is 24.3 Å². The number of sulfone groups is 1. The number of halogens is 2.